The van der Waals surface area contributed by atoms with Gasteiger partial charge in [-0.1, -0.05) is 13.8 Å². The highest BCUT2D eigenvalue weighted by Gasteiger charge is 2.13. The van der Waals surface area contributed by atoms with E-state index in [0.29, 0.717) is 11.6 Å². The minimum Gasteiger partial charge on any atom is -0.370 e. The number of hydrazine groups is 1. The molecule has 0 aliphatic heterocycles. The summed E-state index contributed by atoms with van der Waals surface area (Å²) in [5.74, 6) is 7.83. The van der Waals surface area contributed by atoms with Crippen molar-refractivity contribution in [2.24, 2.45) is 5.84 Å². The van der Waals surface area contributed by atoms with Crippen LogP contribution in [0.5, 0.6) is 0 Å². The maximum atomic E-state index is 11.0. The van der Waals surface area contributed by atoms with Gasteiger partial charge in [0.1, 0.15) is 18.0 Å². The molecule has 0 bridgehead atoms. The van der Waals surface area contributed by atoms with Gasteiger partial charge in [-0.3, -0.25) is 4.21 Å². The molecule has 4 N–H and O–H groups in total. The summed E-state index contributed by atoms with van der Waals surface area (Å²) in [6, 6.07) is 0. The van der Waals surface area contributed by atoms with Gasteiger partial charge >= 0.3 is 0 Å². The van der Waals surface area contributed by atoms with Gasteiger partial charge in [0.15, 0.2) is 0 Å². The second-order valence-corrected chi connectivity index (χ2v) is 5.90. The van der Waals surface area contributed by atoms with Gasteiger partial charge in [0, 0.05) is 34.9 Å². The molecule has 18 heavy (non-hydrogen) atoms. The van der Waals surface area contributed by atoms with Gasteiger partial charge in [0.05, 0.1) is 0 Å². The lowest BCUT2D eigenvalue weighted by atomic mass is 10.0. The largest absolute Gasteiger partial charge is 0.370 e. The lowest BCUT2D eigenvalue weighted by Gasteiger charge is -2.16. The van der Waals surface area contributed by atoms with E-state index < -0.39 is 10.8 Å². The van der Waals surface area contributed by atoms with Gasteiger partial charge < -0.3 is 10.7 Å². The highest BCUT2D eigenvalue weighted by Crippen LogP contribution is 2.27. The number of hydrogen-bond acceptors (Lipinski definition) is 6. The van der Waals surface area contributed by atoms with Crippen LogP contribution in [0.2, 0.25) is 0 Å². The summed E-state index contributed by atoms with van der Waals surface area (Å²) >= 11 is 0. The molecule has 6 nitrogen and oxygen atoms in total. The quantitative estimate of drug-likeness (QED) is 0.390. The number of rotatable bonds is 7. The fourth-order valence-electron chi connectivity index (χ4n) is 1.68. The topological polar surface area (TPSA) is 92.9 Å². The lowest BCUT2D eigenvalue weighted by molar-refractivity contribution is 0.685. The standard InChI is InChI=1S/C11H21N5OS/c1-8(2)9-10(13-5-4-6-18(3)17)14-7-15-11(9)16-12/h7-8H,4-6,12H2,1-3H3,(H2,13,14,15,16). The van der Waals surface area contributed by atoms with Crippen LogP contribution in [-0.4, -0.2) is 32.7 Å². The molecule has 1 heterocycles. The van der Waals surface area contributed by atoms with Crippen LogP contribution in [-0.2, 0) is 10.8 Å². The van der Waals surface area contributed by atoms with E-state index in [-0.39, 0.29) is 5.92 Å². The maximum Gasteiger partial charge on any atom is 0.148 e. The van der Waals surface area contributed by atoms with Crippen molar-refractivity contribution in [2.75, 3.05) is 29.3 Å². The zero-order valence-electron chi connectivity index (χ0n) is 11.1. The first-order valence-electron chi connectivity index (χ1n) is 5.91. The fraction of sp³-hybridized carbons (Fsp3) is 0.636. The van der Waals surface area contributed by atoms with E-state index >= 15 is 0 Å². The van der Waals surface area contributed by atoms with E-state index in [9.17, 15) is 4.21 Å². The van der Waals surface area contributed by atoms with E-state index in [1.54, 1.807) is 6.26 Å². The molecule has 1 aromatic heterocycles. The molecule has 7 heteroatoms. The average Bonchev–Trinajstić information content (AvgIpc) is 2.33. The van der Waals surface area contributed by atoms with Crippen molar-refractivity contribution in [3.8, 4) is 0 Å². The molecular weight excluding hydrogens is 250 g/mol. The Hall–Kier alpha value is -1.21. The smallest absolute Gasteiger partial charge is 0.148 e. The summed E-state index contributed by atoms with van der Waals surface area (Å²) in [7, 11) is -0.749. The van der Waals surface area contributed by atoms with Crippen molar-refractivity contribution < 1.29 is 4.21 Å². The summed E-state index contributed by atoms with van der Waals surface area (Å²) < 4.78 is 11.0. The Kier molecular flexibility index (Phi) is 6.00. The van der Waals surface area contributed by atoms with Gasteiger partial charge in [-0.25, -0.2) is 15.8 Å². The van der Waals surface area contributed by atoms with E-state index in [1.165, 1.54) is 6.33 Å². The number of aromatic nitrogens is 2. The molecule has 0 spiro atoms. The SMILES string of the molecule is CC(C)c1c(NN)ncnc1NCCCS(C)=O. The van der Waals surface area contributed by atoms with Gasteiger partial charge in [0.2, 0.25) is 0 Å². The van der Waals surface area contributed by atoms with Gasteiger partial charge in [0.25, 0.3) is 0 Å². The molecule has 1 unspecified atom stereocenters. The molecule has 0 aromatic carbocycles. The minimum atomic E-state index is -0.749. The van der Waals surface area contributed by atoms with E-state index in [0.717, 1.165) is 24.3 Å². The zero-order chi connectivity index (χ0) is 13.5. The number of nitrogens with one attached hydrogen (secondary N) is 2. The summed E-state index contributed by atoms with van der Waals surface area (Å²) in [5.41, 5.74) is 3.56. The van der Waals surface area contributed by atoms with Crippen molar-refractivity contribution in [1.29, 1.82) is 0 Å². The van der Waals surface area contributed by atoms with Crippen molar-refractivity contribution >= 4 is 22.4 Å². The van der Waals surface area contributed by atoms with E-state index in [2.05, 4.69) is 34.6 Å². The van der Waals surface area contributed by atoms with Gasteiger partial charge in [-0.2, -0.15) is 0 Å². The Bertz CT molecular complexity index is 410. The highest BCUT2D eigenvalue weighted by molar-refractivity contribution is 7.84. The van der Waals surface area contributed by atoms with Gasteiger partial charge in [-0.15, -0.1) is 0 Å². The normalized spacial score (nSPS) is 12.5. The van der Waals surface area contributed by atoms with E-state index in [1.807, 2.05) is 0 Å². The first-order valence-corrected chi connectivity index (χ1v) is 7.64. The third-order valence-electron chi connectivity index (χ3n) is 2.50. The Morgan fingerprint density at radius 3 is 2.61 bits per heavy atom. The van der Waals surface area contributed by atoms with Crippen LogP contribution in [0, 0.1) is 0 Å². The predicted molar refractivity (Wildman–Crippen MR) is 76.0 cm³/mol. The number of hydrogen-bond donors (Lipinski definition) is 3. The molecule has 102 valence electrons. The molecule has 0 fully saturated rings. The Labute approximate surface area is 110 Å². The average molecular weight is 271 g/mol. The number of nitrogen functional groups attached to an aromatic ring is 1. The van der Waals surface area contributed by atoms with Crippen LogP contribution in [0.1, 0.15) is 31.7 Å². The molecule has 1 rings (SSSR count). The van der Waals surface area contributed by atoms with Crippen LogP contribution in [0.15, 0.2) is 6.33 Å². The number of anilines is 2. The third-order valence-corrected chi connectivity index (χ3v) is 3.36. The summed E-state index contributed by atoms with van der Waals surface area (Å²) in [6.07, 6.45) is 4.03. The second kappa shape index (κ2) is 7.27. The number of nitrogens with zero attached hydrogens (tertiary/aromatic N) is 2. The molecule has 0 saturated carbocycles. The molecule has 0 radical (unpaired) electrons. The fourth-order valence-corrected chi connectivity index (χ4v) is 2.23. The monoisotopic (exact) mass is 271 g/mol. The third kappa shape index (κ3) is 4.23. The van der Waals surface area contributed by atoms with Gasteiger partial charge in [-0.05, 0) is 12.3 Å². The lowest BCUT2D eigenvalue weighted by Crippen LogP contribution is -2.16. The molecule has 0 aliphatic carbocycles. The summed E-state index contributed by atoms with van der Waals surface area (Å²) in [6.45, 7) is 4.86. The first kappa shape index (κ1) is 14.8. The molecule has 0 saturated heterocycles. The first-order chi connectivity index (χ1) is 8.56. The van der Waals surface area contributed by atoms with Crippen LogP contribution in [0.4, 0.5) is 11.6 Å². The molecule has 1 aromatic rings. The van der Waals surface area contributed by atoms with Crippen LogP contribution in [0.25, 0.3) is 0 Å². The van der Waals surface area contributed by atoms with Crippen molar-refractivity contribution in [3.63, 3.8) is 0 Å². The minimum absolute atomic E-state index is 0.264. The molecular formula is C11H21N5OS. The maximum absolute atomic E-state index is 11.0. The second-order valence-electron chi connectivity index (χ2n) is 4.34. The predicted octanol–water partition coefficient (Wildman–Crippen LogP) is 1.07. The van der Waals surface area contributed by atoms with Crippen LogP contribution in [0.3, 0.4) is 0 Å². The summed E-state index contributed by atoms with van der Waals surface area (Å²) in [4.78, 5) is 8.33. The Morgan fingerprint density at radius 1 is 1.39 bits per heavy atom. The molecule has 1 atom stereocenters. The van der Waals surface area contributed by atoms with Crippen molar-refractivity contribution in [1.82, 2.24) is 9.97 Å². The molecule has 0 aliphatic rings. The van der Waals surface area contributed by atoms with Crippen LogP contribution < -0.4 is 16.6 Å². The Morgan fingerprint density at radius 2 is 2.06 bits per heavy atom. The van der Waals surface area contributed by atoms with Crippen molar-refractivity contribution in [3.05, 3.63) is 11.9 Å². The van der Waals surface area contributed by atoms with E-state index in [4.69, 9.17) is 5.84 Å². The molecule has 0 amide bonds. The number of nitrogens with two attached hydrogens (primary N) is 1. The zero-order valence-corrected chi connectivity index (χ0v) is 11.9. The summed E-state index contributed by atoms with van der Waals surface area (Å²) in [5, 5.41) is 3.24. The van der Waals surface area contributed by atoms with Crippen molar-refractivity contribution in [2.45, 2.75) is 26.2 Å². The van der Waals surface area contributed by atoms with Crippen LogP contribution >= 0.6 is 0 Å². The highest BCUT2D eigenvalue weighted by atomic mass is 32.2. The Balaban J connectivity index is 2.72.